The Hall–Kier alpha value is -0.160. The number of hydrogen-bond acceptors (Lipinski definition) is 4. The molecular formula is C12H27N3O. The predicted octanol–water partition coefficient (Wildman–Crippen LogP) is 0.689. The second-order valence-corrected chi connectivity index (χ2v) is 4.84. The van der Waals surface area contributed by atoms with Crippen molar-refractivity contribution >= 4 is 0 Å². The Balaban J connectivity index is 2.13. The van der Waals surface area contributed by atoms with E-state index in [-0.39, 0.29) is 5.72 Å². The van der Waals surface area contributed by atoms with Crippen molar-refractivity contribution in [1.29, 1.82) is 0 Å². The van der Waals surface area contributed by atoms with Crippen molar-refractivity contribution in [3.8, 4) is 0 Å². The quantitative estimate of drug-likeness (QED) is 0.509. The van der Waals surface area contributed by atoms with Crippen molar-refractivity contribution in [1.82, 2.24) is 16.0 Å². The molecule has 1 rings (SSSR count). The third kappa shape index (κ3) is 4.37. The molecule has 1 aliphatic rings. The molecule has 1 aliphatic heterocycles. The van der Waals surface area contributed by atoms with Gasteiger partial charge in [-0.05, 0) is 53.8 Å². The van der Waals surface area contributed by atoms with Crippen molar-refractivity contribution < 1.29 is 4.74 Å². The zero-order valence-corrected chi connectivity index (χ0v) is 11.1. The van der Waals surface area contributed by atoms with Crippen molar-refractivity contribution in [2.24, 2.45) is 0 Å². The zero-order chi connectivity index (χ0) is 12.0. The monoisotopic (exact) mass is 229 g/mol. The van der Waals surface area contributed by atoms with Gasteiger partial charge in [0.1, 0.15) is 5.72 Å². The highest BCUT2D eigenvalue weighted by Crippen LogP contribution is 2.29. The molecule has 96 valence electrons. The molecule has 0 radical (unpaired) electrons. The Kier molecular flexibility index (Phi) is 5.69. The molecule has 0 aromatic rings. The van der Waals surface area contributed by atoms with E-state index in [2.05, 4.69) is 29.9 Å². The molecule has 16 heavy (non-hydrogen) atoms. The van der Waals surface area contributed by atoms with Gasteiger partial charge < -0.3 is 15.4 Å². The topological polar surface area (TPSA) is 48.6 Å². The molecule has 4 nitrogen and oxygen atoms in total. The van der Waals surface area contributed by atoms with Crippen LogP contribution in [0.1, 0.15) is 32.6 Å². The summed E-state index contributed by atoms with van der Waals surface area (Å²) in [6.45, 7) is 3.10. The van der Waals surface area contributed by atoms with Gasteiger partial charge >= 0.3 is 0 Å². The Morgan fingerprint density at radius 3 is 2.38 bits per heavy atom. The molecule has 0 aliphatic carbocycles. The van der Waals surface area contributed by atoms with Crippen LogP contribution in [-0.2, 0) is 4.74 Å². The van der Waals surface area contributed by atoms with E-state index < -0.39 is 0 Å². The first-order valence-electron chi connectivity index (χ1n) is 6.33. The fraction of sp³-hybridized carbons (Fsp3) is 1.00. The van der Waals surface area contributed by atoms with Crippen LogP contribution in [0.4, 0.5) is 0 Å². The largest absolute Gasteiger partial charge is 0.354 e. The highest BCUT2D eigenvalue weighted by atomic mass is 16.6. The van der Waals surface area contributed by atoms with E-state index in [0.717, 1.165) is 13.0 Å². The highest BCUT2D eigenvalue weighted by Gasteiger charge is 2.42. The summed E-state index contributed by atoms with van der Waals surface area (Å²) in [6, 6.07) is 1.18. The van der Waals surface area contributed by atoms with Gasteiger partial charge in [0.15, 0.2) is 0 Å². The van der Waals surface area contributed by atoms with Gasteiger partial charge in [0, 0.05) is 12.1 Å². The lowest BCUT2D eigenvalue weighted by Crippen LogP contribution is -2.35. The van der Waals surface area contributed by atoms with E-state index in [9.17, 15) is 0 Å². The van der Waals surface area contributed by atoms with Crippen molar-refractivity contribution in [3.05, 3.63) is 0 Å². The summed E-state index contributed by atoms with van der Waals surface area (Å²) in [6.07, 6.45) is 4.73. The number of hydrogen-bond donors (Lipinski definition) is 3. The first kappa shape index (κ1) is 13.9. The maximum Gasteiger partial charge on any atom is 0.142 e. The summed E-state index contributed by atoms with van der Waals surface area (Å²) in [5, 5.41) is 9.91. The minimum absolute atomic E-state index is 0.0207. The van der Waals surface area contributed by atoms with Crippen LogP contribution >= 0.6 is 0 Å². The lowest BCUT2D eigenvalue weighted by atomic mass is 10.0. The molecule has 0 bridgehead atoms. The van der Waals surface area contributed by atoms with E-state index in [0.29, 0.717) is 12.1 Å². The third-order valence-electron chi connectivity index (χ3n) is 3.62. The predicted molar refractivity (Wildman–Crippen MR) is 67.6 cm³/mol. The van der Waals surface area contributed by atoms with E-state index in [1.807, 2.05) is 14.1 Å². The number of rotatable bonds is 9. The standard InChI is InChI=1S/C12H27N3O/c1-10(13-2)8-11(14-3)6-5-7-12(15-4)9-16-12/h10-11,13-15H,5-9H2,1-4H3. The molecule has 0 aromatic carbocycles. The van der Waals surface area contributed by atoms with Crippen LogP contribution in [0.2, 0.25) is 0 Å². The third-order valence-corrected chi connectivity index (χ3v) is 3.62. The molecule has 4 heteroatoms. The van der Waals surface area contributed by atoms with Crippen LogP contribution < -0.4 is 16.0 Å². The molecule has 0 aromatic heterocycles. The number of likely N-dealkylation sites (N-methyl/N-ethyl adjacent to an activating group) is 1. The molecule has 3 N–H and O–H groups in total. The average molecular weight is 229 g/mol. The SMILES string of the molecule is CNC(C)CC(CCCC1(NC)CO1)NC. The number of nitrogens with one attached hydrogen (secondary N) is 3. The van der Waals surface area contributed by atoms with Gasteiger partial charge in [0.2, 0.25) is 0 Å². The minimum Gasteiger partial charge on any atom is -0.354 e. The van der Waals surface area contributed by atoms with E-state index >= 15 is 0 Å². The summed E-state index contributed by atoms with van der Waals surface area (Å²) < 4.78 is 5.42. The van der Waals surface area contributed by atoms with Crippen LogP contribution in [0.5, 0.6) is 0 Å². The fourth-order valence-corrected chi connectivity index (χ4v) is 2.06. The lowest BCUT2D eigenvalue weighted by molar-refractivity contribution is 0.244. The van der Waals surface area contributed by atoms with Crippen LogP contribution in [0.25, 0.3) is 0 Å². The summed E-state index contributed by atoms with van der Waals surface area (Å²) >= 11 is 0. The van der Waals surface area contributed by atoms with Crippen LogP contribution in [0.15, 0.2) is 0 Å². The molecule has 1 fully saturated rings. The molecule has 0 spiro atoms. The van der Waals surface area contributed by atoms with Gasteiger partial charge in [-0.1, -0.05) is 0 Å². The smallest absolute Gasteiger partial charge is 0.142 e. The van der Waals surface area contributed by atoms with E-state index in [4.69, 9.17) is 4.74 Å². The highest BCUT2D eigenvalue weighted by molar-refractivity contribution is 4.88. The maximum absolute atomic E-state index is 5.42. The fourth-order valence-electron chi connectivity index (χ4n) is 2.06. The van der Waals surface area contributed by atoms with Crippen LogP contribution in [0.3, 0.4) is 0 Å². The summed E-state index contributed by atoms with van der Waals surface area (Å²) in [5.74, 6) is 0. The molecule has 1 heterocycles. The number of ether oxygens (including phenoxy) is 1. The second-order valence-electron chi connectivity index (χ2n) is 4.84. The first-order chi connectivity index (χ1) is 7.65. The molecule has 0 saturated carbocycles. The lowest BCUT2D eigenvalue weighted by Gasteiger charge is -2.21. The van der Waals surface area contributed by atoms with Gasteiger partial charge in [-0.2, -0.15) is 0 Å². The second kappa shape index (κ2) is 6.55. The normalized spacial score (nSPS) is 27.8. The Morgan fingerprint density at radius 1 is 1.25 bits per heavy atom. The van der Waals surface area contributed by atoms with Gasteiger partial charge in [-0.15, -0.1) is 0 Å². The molecule has 1 saturated heterocycles. The van der Waals surface area contributed by atoms with Gasteiger partial charge in [0.05, 0.1) is 6.61 Å². The average Bonchev–Trinajstić information content (AvgIpc) is 3.08. The van der Waals surface area contributed by atoms with Gasteiger partial charge in [-0.3, -0.25) is 5.32 Å². The Morgan fingerprint density at radius 2 is 1.94 bits per heavy atom. The summed E-state index contributed by atoms with van der Waals surface area (Å²) in [7, 11) is 6.05. The van der Waals surface area contributed by atoms with Gasteiger partial charge in [-0.25, -0.2) is 0 Å². The van der Waals surface area contributed by atoms with E-state index in [1.54, 1.807) is 0 Å². The van der Waals surface area contributed by atoms with Gasteiger partial charge in [0.25, 0.3) is 0 Å². The summed E-state index contributed by atoms with van der Waals surface area (Å²) in [4.78, 5) is 0. The van der Waals surface area contributed by atoms with Crippen molar-refractivity contribution in [2.45, 2.75) is 50.4 Å². The molecule has 0 amide bonds. The van der Waals surface area contributed by atoms with Crippen LogP contribution in [0, 0.1) is 0 Å². The molecule has 3 atom stereocenters. The first-order valence-corrected chi connectivity index (χ1v) is 6.33. The summed E-state index contributed by atoms with van der Waals surface area (Å²) in [5.41, 5.74) is 0.0207. The molecular weight excluding hydrogens is 202 g/mol. The minimum atomic E-state index is 0.0207. The van der Waals surface area contributed by atoms with Crippen LogP contribution in [-0.4, -0.2) is 45.6 Å². The maximum atomic E-state index is 5.42. The van der Waals surface area contributed by atoms with Crippen molar-refractivity contribution in [3.63, 3.8) is 0 Å². The molecule has 3 unspecified atom stereocenters. The Labute approximate surface area is 99.5 Å². The van der Waals surface area contributed by atoms with E-state index in [1.165, 1.54) is 19.3 Å². The van der Waals surface area contributed by atoms with Crippen molar-refractivity contribution in [2.75, 3.05) is 27.7 Å². The zero-order valence-electron chi connectivity index (χ0n) is 11.1. The number of epoxide rings is 1. The Bertz CT molecular complexity index is 195.